The number of H-pyrrole nitrogens is 1. The van der Waals surface area contributed by atoms with Crippen molar-refractivity contribution in [3.05, 3.63) is 116 Å². The first kappa shape index (κ1) is 59.7. The molecule has 2 fully saturated rings. The number of ether oxygens (including phenoxy) is 3. The maximum atomic E-state index is 12.8. The number of nitrogens with zero attached hydrogens (tertiary/aromatic N) is 3. The van der Waals surface area contributed by atoms with Crippen LogP contribution in [0, 0.1) is 0 Å². The number of likely N-dealkylation sites (tertiary alicyclic amines) is 2. The van der Waals surface area contributed by atoms with Crippen LogP contribution in [-0.2, 0) is 23.8 Å². The van der Waals surface area contributed by atoms with E-state index in [1.807, 2.05) is 145 Å². The van der Waals surface area contributed by atoms with Crippen molar-refractivity contribution < 1.29 is 38.2 Å². The zero-order valence-electron chi connectivity index (χ0n) is 44.4. The second-order valence-corrected chi connectivity index (χ2v) is 24.0. The first-order valence-electron chi connectivity index (χ1n) is 24.6. The topological polar surface area (TPSA) is 212 Å². The normalized spacial score (nSPS) is 16.3. The molecule has 7 aromatic rings. The number of imidazole rings is 1. The van der Waals surface area contributed by atoms with E-state index in [-0.39, 0.29) is 36.0 Å². The lowest BCUT2D eigenvalue weighted by atomic mass is 10.1. The van der Waals surface area contributed by atoms with Gasteiger partial charge in [0.15, 0.2) is 0 Å². The van der Waals surface area contributed by atoms with Gasteiger partial charge in [-0.15, -0.1) is 0 Å². The van der Waals surface area contributed by atoms with Crippen LogP contribution in [-0.4, -0.2) is 79.6 Å². The van der Waals surface area contributed by atoms with Crippen LogP contribution in [0.25, 0.3) is 43.4 Å². The van der Waals surface area contributed by atoms with Crippen molar-refractivity contribution in [3.8, 4) is 0 Å². The van der Waals surface area contributed by atoms with Gasteiger partial charge in [-0.2, -0.15) is 9.59 Å². The van der Waals surface area contributed by atoms with E-state index in [1.54, 1.807) is 0 Å². The van der Waals surface area contributed by atoms with Crippen molar-refractivity contribution in [3.63, 3.8) is 0 Å². The average molecular weight is 1220 g/mol. The number of aromatic nitrogens is 2. The van der Waals surface area contributed by atoms with Crippen molar-refractivity contribution in [1.82, 2.24) is 19.8 Å². The van der Waals surface area contributed by atoms with Crippen LogP contribution in [0.1, 0.15) is 114 Å². The molecule has 15 nitrogen and oxygen atoms in total. The number of rotatable bonds is 2. The van der Waals surface area contributed by atoms with Crippen LogP contribution >= 0.6 is 47.8 Å². The third-order valence-corrected chi connectivity index (χ3v) is 13.2. The summed E-state index contributed by atoms with van der Waals surface area (Å²) >= 11 is 10.4. The Hall–Kier alpha value is -6.20. The number of halogens is 3. The third-order valence-electron chi connectivity index (χ3n) is 11.7. The quantitative estimate of drug-likeness (QED) is 0.0944. The number of carbonyl (C=O) groups excluding carboxylic acids is 5. The molecule has 0 radical (unpaired) electrons. The summed E-state index contributed by atoms with van der Waals surface area (Å²) in [4.78, 5) is 64.3. The van der Waals surface area contributed by atoms with E-state index in [2.05, 4.69) is 96.2 Å². The van der Waals surface area contributed by atoms with Gasteiger partial charge in [0.05, 0.1) is 28.5 Å². The predicted octanol–water partition coefficient (Wildman–Crippen LogP) is 15.5. The zero-order valence-corrected chi connectivity index (χ0v) is 49.2. The molecular weight excluding hydrogens is 1150 g/mol. The Morgan fingerprint density at radius 1 is 0.640 bits per heavy atom. The molecule has 3 amide bonds. The summed E-state index contributed by atoms with van der Waals surface area (Å²) in [5.41, 5.74) is 14.1. The third kappa shape index (κ3) is 17.4. The van der Waals surface area contributed by atoms with Crippen LogP contribution in [0.4, 0.5) is 31.4 Å². The molecule has 0 spiro atoms. The number of nitrogen functional groups attached to an aromatic ring is 2. The Kier molecular flexibility index (Phi) is 20.3. The number of nitrogens with two attached hydrogens (primary N) is 2. The van der Waals surface area contributed by atoms with Crippen LogP contribution in [0.5, 0.6) is 0 Å². The van der Waals surface area contributed by atoms with E-state index < -0.39 is 17.3 Å². The summed E-state index contributed by atoms with van der Waals surface area (Å²) in [6.45, 7) is 21.9. The fraction of sp³-hybridized carbons (Fsp3) is 0.386. The summed E-state index contributed by atoms with van der Waals surface area (Å²) in [6, 6.07) is 32.2. The number of anilines is 3. The second kappa shape index (κ2) is 25.6. The van der Waals surface area contributed by atoms with E-state index in [1.165, 1.54) is 0 Å². The Bertz CT molecular complexity index is 3170. The molecule has 0 saturated carbocycles. The summed E-state index contributed by atoms with van der Waals surface area (Å²) < 4.78 is 19.3. The SMILES string of the molecule is CC(C)(C)OC(=O)Nc1ccc2cc(Br)ccc2c1.C[C@H]1CCCN1C(=O)OC(C)(C)C.C[C@H]1CC[C@@H](c2nc3c(ccc4cc(Br)ccc43)[nH]2)N1C(=O)OC(C)(C)C.Nc1ccc2cc(Br)ccc2c1N.O=C=O. The van der Waals surface area contributed by atoms with Crippen molar-refractivity contribution in [1.29, 1.82) is 0 Å². The highest BCUT2D eigenvalue weighted by molar-refractivity contribution is 9.11. The molecular formula is C57H68Br3N7O8. The molecule has 2 saturated heterocycles. The first-order valence-corrected chi connectivity index (χ1v) is 26.9. The molecule has 2 aliphatic rings. The second-order valence-electron chi connectivity index (χ2n) is 21.3. The number of fused-ring (bicyclic) bond motifs is 5. The number of hydrogen-bond donors (Lipinski definition) is 4. The largest absolute Gasteiger partial charge is 0.444 e. The maximum absolute atomic E-state index is 12.8. The van der Waals surface area contributed by atoms with Gasteiger partial charge < -0.3 is 35.6 Å². The van der Waals surface area contributed by atoms with Gasteiger partial charge in [-0.3, -0.25) is 10.2 Å². The summed E-state index contributed by atoms with van der Waals surface area (Å²) in [7, 11) is 0. The molecule has 400 valence electrons. The summed E-state index contributed by atoms with van der Waals surface area (Å²) in [5.74, 6) is 0.829. The van der Waals surface area contributed by atoms with Gasteiger partial charge in [0.2, 0.25) is 0 Å². The minimum absolute atomic E-state index is 0.0900. The van der Waals surface area contributed by atoms with E-state index in [4.69, 9.17) is 40.3 Å². The van der Waals surface area contributed by atoms with Crippen LogP contribution in [0.3, 0.4) is 0 Å². The highest BCUT2D eigenvalue weighted by Gasteiger charge is 2.39. The first-order chi connectivity index (χ1) is 35.1. The van der Waals surface area contributed by atoms with Gasteiger partial charge in [-0.25, -0.2) is 19.4 Å². The Balaban J connectivity index is 0.000000190. The molecule has 9 rings (SSSR count). The molecule has 0 unspecified atom stereocenters. The number of benzene rings is 6. The minimum atomic E-state index is -0.512. The fourth-order valence-electron chi connectivity index (χ4n) is 8.41. The van der Waals surface area contributed by atoms with E-state index >= 15 is 0 Å². The van der Waals surface area contributed by atoms with Crippen molar-refractivity contribution in [2.24, 2.45) is 0 Å². The number of carbonyl (C=O) groups is 3. The standard InChI is InChI=1S/C21H24BrN3O2.C15H16BrNO2.C10H9BrN2.C10H19NO2.CO2/c1-12-5-10-17(25(12)20(26)27-21(2,3)4)19-23-16-9-6-13-11-14(22)7-8-15(13)18(16)24-19;1-15(2,3)19-14(18)17-13-7-5-10-8-12(16)6-4-11(10)9-13;11-7-2-3-8-6(5-7)1-4-9(12)10(8)13;1-8-6-5-7-11(8)9(12)13-10(2,3)4;2-1-3/h6-9,11-12,17H,5,10H2,1-4H3,(H,23,24);4-9H,1-3H3,(H,17,18);1-5H,12-13H2;8H,5-7H2,1-4H3;/t12-,17-;;;8-;/m0..0./s1. The van der Waals surface area contributed by atoms with Crippen LogP contribution in [0.2, 0.25) is 0 Å². The molecule has 0 aliphatic carbocycles. The number of nitrogens with one attached hydrogen (secondary N) is 2. The summed E-state index contributed by atoms with van der Waals surface area (Å²) in [6.07, 6.45) is 3.38. The lowest BCUT2D eigenvalue weighted by Crippen LogP contribution is -2.40. The smallest absolute Gasteiger partial charge is 0.412 e. The summed E-state index contributed by atoms with van der Waals surface area (Å²) in [5, 5.41) is 9.26. The number of hydrogen-bond acceptors (Lipinski definition) is 11. The van der Waals surface area contributed by atoms with Gasteiger partial charge in [0.1, 0.15) is 22.6 Å². The van der Waals surface area contributed by atoms with Gasteiger partial charge in [-0.05, 0) is 184 Å². The monoisotopic (exact) mass is 1220 g/mol. The highest BCUT2D eigenvalue weighted by Crippen LogP contribution is 2.38. The number of amides is 3. The number of aromatic amines is 1. The van der Waals surface area contributed by atoms with Gasteiger partial charge in [0, 0.05) is 48.5 Å². The fourth-order valence-corrected chi connectivity index (χ4v) is 9.54. The Morgan fingerprint density at radius 2 is 1.15 bits per heavy atom. The van der Waals surface area contributed by atoms with Crippen molar-refractivity contribution in [2.45, 2.75) is 137 Å². The van der Waals surface area contributed by atoms with E-state index in [0.717, 1.165) is 101 Å². The predicted molar refractivity (Wildman–Crippen MR) is 309 cm³/mol. The average Bonchev–Trinajstić information content (AvgIpc) is 4.05. The van der Waals surface area contributed by atoms with E-state index in [9.17, 15) is 14.4 Å². The molecule has 3 atom stereocenters. The lowest BCUT2D eigenvalue weighted by molar-refractivity contribution is -0.191. The molecule has 2 aliphatic heterocycles. The maximum Gasteiger partial charge on any atom is 0.412 e. The molecule has 1 aromatic heterocycles. The van der Waals surface area contributed by atoms with Gasteiger partial charge in [-0.1, -0.05) is 84.2 Å². The van der Waals surface area contributed by atoms with Crippen molar-refractivity contribution >= 4 is 133 Å². The molecule has 0 bridgehead atoms. The highest BCUT2D eigenvalue weighted by atomic mass is 79.9. The lowest BCUT2D eigenvalue weighted by Gasteiger charge is -2.30. The molecule has 75 heavy (non-hydrogen) atoms. The minimum Gasteiger partial charge on any atom is -0.444 e. The van der Waals surface area contributed by atoms with Crippen LogP contribution in [0.15, 0.2) is 110 Å². The van der Waals surface area contributed by atoms with E-state index in [0.29, 0.717) is 17.4 Å². The molecule has 18 heteroatoms. The Morgan fingerprint density at radius 3 is 1.73 bits per heavy atom. The van der Waals surface area contributed by atoms with Gasteiger partial charge in [0.25, 0.3) is 0 Å². The van der Waals surface area contributed by atoms with Crippen molar-refractivity contribution in [2.75, 3.05) is 23.3 Å². The zero-order chi connectivity index (χ0) is 55.6. The molecule has 6 aromatic carbocycles. The molecule has 3 heterocycles. The Labute approximate surface area is 464 Å². The van der Waals surface area contributed by atoms with Crippen LogP contribution < -0.4 is 16.8 Å². The van der Waals surface area contributed by atoms with Gasteiger partial charge >= 0.3 is 24.4 Å². The molecule has 6 N–H and O–H groups in total.